The van der Waals surface area contributed by atoms with E-state index in [0.29, 0.717) is 25.1 Å². The Balaban J connectivity index is 1.94. The second-order valence-electron chi connectivity index (χ2n) is 6.01. The van der Waals surface area contributed by atoms with E-state index in [4.69, 9.17) is 5.73 Å². The van der Waals surface area contributed by atoms with E-state index in [2.05, 4.69) is 15.0 Å². The third-order valence-corrected chi connectivity index (χ3v) is 4.72. The Labute approximate surface area is 132 Å². The fourth-order valence-electron chi connectivity index (χ4n) is 1.79. The molecule has 0 spiro atoms. The van der Waals surface area contributed by atoms with Crippen molar-refractivity contribution < 1.29 is 8.42 Å². The molecular formula is C15H24N4O2S. The maximum atomic E-state index is 12.1. The van der Waals surface area contributed by atoms with Crippen molar-refractivity contribution in [2.45, 2.75) is 44.2 Å². The first-order chi connectivity index (χ1) is 10.4. The van der Waals surface area contributed by atoms with Gasteiger partial charge in [0.05, 0.1) is 11.4 Å². The van der Waals surface area contributed by atoms with E-state index < -0.39 is 10.0 Å². The van der Waals surface area contributed by atoms with Crippen LogP contribution < -0.4 is 15.8 Å². The van der Waals surface area contributed by atoms with E-state index in [9.17, 15) is 8.42 Å². The molecule has 7 heteroatoms. The molecule has 0 aromatic heterocycles. The summed E-state index contributed by atoms with van der Waals surface area (Å²) in [6.07, 6.45) is 2.29. The van der Waals surface area contributed by atoms with Gasteiger partial charge in [0.15, 0.2) is 5.96 Å². The number of aliphatic imine (C=N–C) groups is 1. The van der Waals surface area contributed by atoms with Gasteiger partial charge in [-0.2, -0.15) is 0 Å². The highest BCUT2D eigenvalue weighted by Gasteiger charge is 2.21. The van der Waals surface area contributed by atoms with Gasteiger partial charge in [-0.1, -0.05) is 26.0 Å². The molecule has 1 aliphatic carbocycles. The first-order valence-corrected chi connectivity index (χ1v) is 9.00. The second-order valence-corrected chi connectivity index (χ2v) is 7.78. The zero-order valence-electron chi connectivity index (χ0n) is 13.0. The number of sulfonamides is 1. The van der Waals surface area contributed by atoms with Gasteiger partial charge in [0.25, 0.3) is 0 Å². The maximum Gasteiger partial charge on any atom is 0.240 e. The summed E-state index contributed by atoms with van der Waals surface area (Å²) < 4.78 is 26.7. The monoisotopic (exact) mass is 324 g/mol. The summed E-state index contributed by atoms with van der Waals surface area (Å²) in [6, 6.07) is 7.19. The van der Waals surface area contributed by atoms with Gasteiger partial charge in [-0.3, -0.25) is 0 Å². The quantitative estimate of drug-likeness (QED) is 0.518. The van der Waals surface area contributed by atoms with Crippen LogP contribution in [-0.4, -0.2) is 27.0 Å². The standard InChI is InChI=1S/C15H24N4O2S/c1-11(2)9-18-22(20,21)14-7-3-12(4-8-14)10-17-15(16)19-13-5-6-13/h3-4,7-8,11,13,18H,5-6,9-10H2,1-2H3,(H3,16,17,19). The molecule has 0 unspecified atom stereocenters. The van der Waals surface area contributed by atoms with Crippen molar-refractivity contribution in [3.05, 3.63) is 29.8 Å². The molecular weight excluding hydrogens is 300 g/mol. The average Bonchev–Trinajstić information content (AvgIpc) is 3.27. The van der Waals surface area contributed by atoms with Gasteiger partial charge in [0, 0.05) is 12.6 Å². The predicted molar refractivity (Wildman–Crippen MR) is 88.0 cm³/mol. The molecule has 0 saturated heterocycles. The van der Waals surface area contributed by atoms with Crippen molar-refractivity contribution in [2.24, 2.45) is 16.6 Å². The largest absolute Gasteiger partial charge is 0.370 e. The topological polar surface area (TPSA) is 96.6 Å². The van der Waals surface area contributed by atoms with E-state index in [0.717, 1.165) is 18.4 Å². The van der Waals surface area contributed by atoms with E-state index in [1.165, 1.54) is 0 Å². The van der Waals surface area contributed by atoms with Crippen molar-refractivity contribution >= 4 is 16.0 Å². The molecule has 1 fully saturated rings. The number of benzene rings is 1. The molecule has 2 rings (SSSR count). The summed E-state index contributed by atoms with van der Waals surface area (Å²) in [6.45, 7) is 4.79. The van der Waals surface area contributed by atoms with E-state index >= 15 is 0 Å². The van der Waals surface area contributed by atoms with Crippen molar-refractivity contribution in [1.29, 1.82) is 0 Å². The smallest absolute Gasteiger partial charge is 0.240 e. The van der Waals surface area contributed by atoms with Crippen LogP contribution in [0.1, 0.15) is 32.3 Å². The van der Waals surface area contributed by atoms with Crippen LogP contribution in [0.2, 0.25) is 0 Å². The van der Waals surface area contributed by atoms with Gasteiger partial charge >= 0.3 is 0 Å². The van der Waals surface area contributed by atoms with E-state index in [1.54, 1.807) is 24.3 Å². The normalized spacial score (nSPS) is 16.0. The lowest BCUT2D eigenvalue weighted by atomic mass is 10.2. The van der Waals surface area contributed by atoms with E-state index in [-0.39, 0.29) is 10.8 Å². The second kappa shape index (κ2) is 7.11. The molecule has 1 aliphatic rings. The van der Waals surface area contributed by atoms with Crippen molar-refractivity contribution in [3.8, 4) is 0 Å². The number of hydrogen-bond donors (Lipinski definition) is 3. The van der Waals surface area contributed by atoms with Crippen LogP contribution in [0.15, 0.2) is 34.2 Å². The lowest BCUT2D eigenvalue weighted by molar-refractivity contribution is 0.560. The number of guanidine groups is 1. The Kier molecular flexibility index (Phi) is 5.42. The average molecular weight is 324 g/mol. The van der Waals surface area contributed by atoms with Gasteiger partial charge in [-0.05, 0) is 36.5 Å². The minimum Gasteiger partial charge on any atom is -0.370 e. The zero-order valence-corrected chi connectivity index (χ0v) is 13.9. The highest BCUT2D eigenvalue weighted by molar-refractivity contribution is 7.89. The van der Waals surface area contributed by atoms with Gasteiger partial charge in [0.2, 0.25) is 10.0 Å². The highest BCUT2D eigenvalue weighted by Crippen LogP contribution is 2.18. The van der Waals surface area contributed by atoms with Crippen LogP contribution in [0.5, 0.6) is 0 Å². The van der Waals surface area contributed by atoms with Crippen molar-refractivity contribution in [3.63, 3.8) is 0 Å². The number of nitrogens with zero attached hydrogens (tertiary/aromatic N) is 1. The molecule has 0 bridgehead atoms. The molecule has 1 saturated carbocycles. The minimum absolute atomic E-state index is 0.268. The Hall–Kier alpha value is -1.60. The minimum atomic E-state index is -3.43. The van der Waals surface area contributed by atoms with Crippen molar-refractivity contribution in [2.75, 3.05) is 6.54 Å². The molecule has 1 aromatic rings. The molecule has 1 aromatic carbocycles. The van der Waals surface area contributed by atoms with E-state index in [1.807, 2.05) is 13.8 Å². The summed E-state index contributed by atoms with van der Waals surface area (Å²) in [7, 11) is -3.43. The zero-order chi connectivity index (χ0) is 16.2. The Morgan fingerprint density at radius 2 is 1.95 bits per heavy atom. The molecule has 6 nitrogen and oxygen atoms in total. The number of nitrogens with one attached hydrogen (secondary N) is 2. The summed E-state index contributed by atoms with van der Waals surface area (Å²) in [5.74, 6) is 0.711. The molecule has 0 radical (unpaired) electrons. The SMILES string of the molecule is CC(C)CNS(=O)(=O)c1ccc(CN=C(N)NC2CC2)cc1. The Morgan fingerprint density at radius 3 is 2.50 bits per heavy atom. The van der Waals surface area contributed by atoms with Crippen LogP contribution >= 0.6 is 0 Å². The lowest BCUT2D eigenvalue weighted by Crippen LogP contribution is -2.33. The van der Waals surface area contributed by atoms with Crippen LogP contribution in [-0.2, 0) is 16.6 Å². The lowest BCUT2D eigenvalue weighted by Gasteiger charge is -2.09. The Bertz CT molecular complexity index is 619. The molecule has 0 atom stereocenters. The summed E-state index contributed by atoms with van der Waals surface area (Å²) in [4.78, 5) is 4.51. The summed E-state index contributed by atoms with van der Waals surface area (Å²) >= 11 is 0. The van der Waals surface area contributed by atoms with Gasteiger partial charge in [0.1, 0.15) is 0 Å². The predicted octanol–water partition coefficient (Wildman–Crippen LogP) is 1.19. The number of hydrogen-bond acceptors (Lipinski definition) is 3. The molecule has 0 aliphatic heterocycles. The Morgan fingerprint density at radius 1 is 1.32 bits per heavy atom. The highest BCUT2D eigenvalue weighted by atomic mass is 32.2. The van der Waals surface area contributed by atoms with Crippen molar-refractivity contribution in [1.82, 2.24) is 10.0 Å². The third kappa shape index (κ3) is 5.31. The number of nitrogens with two attached hydrogens (primary N) is 1. The fourth-order valence-corrected chi connectivity index (χ4v) is 3.01. The maximum absolute atomic E-state index is 12.1. The fraction of sp³-hybridized carbons (Fsp3) is 0.533. The summed E-state index contributed by atoms with van der Waals surface area (Å²) in [5.41, 5.74) is 6.68. The molecule has 0 amide bonds. The van der Waals surface area contributed by atoms with Crippen LogP contribution in [0.25, 0.3) is 0 Å². The van der Waals surface area contributed by atoms with Crippen LogP contribution in [0.4, 0.5) is 0 Å². The first-order valence-electron chi connectivity index (χ1n) is 7.52. The number of rotatable bonds is 7. The summed E-state index contributed by atoms with van der Waals surface area (Å²) in [5, 5.41) is 3.11. The first kappa shape index (κ1) is 16.8. The van der Waals surface area contributed by atoms with Crippen LogP contribution in [0.3, 0.4) is 0 Å². The van der Waals surface area contributed by atoms with Gasteiger partial charge < -0.3 is 11.1 Å². The molecule has 122 valence electrons. The molecule has 4 N–H and O–H groups in total. The molecule has 0 heterocycles. The van der Waals surface area contributed by atoms with Gasteiger partial charge in [-0.25, -0.2) is 18.1 Å². The van der Waals surface area contributed by atoms with Gasteiger partial charge in [-0.15, -0.1) is 0 Å². The van der Waals surface area contributed by atoms with Crippen LogP contribution in [0, 0.1) is 5.92 Å². The molecule has 22 heavy (non-hydrogen) atoms. The third-order valence-electron chi connectivity index (χ3n) is 3.28.